The van der Waals surface area contributed by atoms with Crippen LogP contribution < -0.4 is 5.32 Å². The van der Waals surface area contributed by atoms with Gasteiger partial charge in [-0.1, -0.05) is 13.8 Å². The Kier molecular flexibility index (Phi) is 5.15. The van der Waals surface area contributed by atoms with Crippen LogP contribution >= 0.6 is 11.3 Å². The van der Waals surface area contributed by atoms with Gasteiger partial charge in [0.1, 0.15) is 0 Å². The second-order valence-electron chi connectivity index (χ2n) is 4.30. The molecule has 0 aliphatic carbocycles. The number of hydrogen-bond acceptors (Lipinski definition) is 3. The summed E-state index contributed by atoms with van der Waals surface area (Å²) in [5.41, 5.74) is 0.962. The van der Waals surface area contributed by atoms with Crippen molar-refractivity contribution >= 4 is 23.2 Å². The Morgan fingerprint density at radius 3 is 2.65 bits per heavy atom. The number of carboxylic acids is 1. The molecular weight excluding hydrogens is 238 g/mol. The molecule has 0 fully saturated rings. The average Bonchev–Trinajstić information content (AvgIpc) is 2.69. The first-order valence-corrected chi connectivity index (χ1v) is 6.45. The van der Waals surface area contributed by atoms with Crippen LogP contribution in [0.2, 0.25) is 0 Å². The van der Waals surface area contributed by atoms with Crippen molar-refractivity contribution in [2.24, 2.45) is 11.8 Å². The molecule has 2 N–H and O–H groups in total. The zero-order chi connectivity index (χ0) is 12.8. The summed E-state index contributed by atoms with van der Waals surface area (Å²) in [6.07, 6.45) is 0.313. The highest BCUT2D eigenvalue weighted by Crippen LogP contribution is 2.10. The third kappa shape index (κ3) is 4.56. The number of hydrogen-bond donors (Lipinski definition) is 2. The van der Waals surface area contributed by atoms with Crippen molar-refractivity contribution in [1.82, 2.24) is 5.32 Å². The summed E-state index contributed by atoms with van der Waals surface area (Å²) in [6.45, 7) is 3.86. The number of amides is 1. The molecule has 1 heterocycles. The van der Waals surface area contributed by atoms with E-state index in [-0.39, 0.29) is 18.4 Å². The lowest BCUT2D eigenvalue weighted by Gasteiger charge is -2.16. The Labute approximate surface area is 105 Å². The molecule has 1 aromatic rings. The van der Waals surface area contributed by atoms with Crippen molar-refractivity contribution in [1.29, 1.82) is 0 Å². The van der Waals surface area contributed by atoms with Gasteiger partial charge in [-0.2, -0.15) is 11.3 Å². The van der Waals surface area contributed by atoms with Crippen molar-refractivity contribution in [3.8, 4) is 0 Å². The lowest BCUT2D eigenvalue weighted by atomic mass is 9.96. The smallest absolute Gasteiger partial charge is 0.308 e. The lowest BCUT2D eigenvalue weighted by molar-refractivity contribution is -0.143. The minimum Gasteiger partial charge on any atom is -0.481 e. The highest BCUT2D eigenvalue weighted by molar-refractivity contribution is 7.07. The Morgan fingerprint density at radius 2 is 2.18 bits per heavy atom. The van der Waals surface area contributed by atoms with Gasteiger partial charge >= 0.3 is 5.97 Å². The van der Waals surface area contributed by atoms with Crippen molar-refractivity contribution in [3.05, 3.63) is 22.4 Å². The number of rotatable bonds is 6. The van der Waals surface area contributed by atoms with E-state index in [1.54, 1.807) is 11.3 Å². The van der Waals surface area contributed by atoms with Gasteiger partial charge in [-0.25, -0.2) is 0 Å². The van der Waals surface area contributed by atoms with Crippen molar-refractivity contribution in [3.63, 3.8) is 0 Å². The van der Waals surface area contributed by atoms with Gasteiger partial charge in [0.2, 0.25) is 5.91 Å². The SMILES string of the molecule is CC(C)C(CNC(=O)Cc1ccsc1)C(=O)O. The van der Waals surface area contributed by atoms with Crippen LogP contribution in [0, 0.1) is 11.8 Å². The minimum atomic E-state index is -0.865. The maximum atomic E-state index is 11.6. The van der Waals surface area contributed by atoms with Crippen molar-refractivity contribution < 1.29 is 14.7 Å². The van der Waals surface area contributed by atoms with Gasteiger partial charge in [-0.05, 0) is 28.3 Å². The normalized spacial score (nSPS) is 12.4. The fraction of sp³-hybridized carbons (Fsp3) is 0.500. The van der Waals surface area contributed by atoms with E-state index in [2.05, 4.69) is 5.32 Å². The Hall–Kier alpha value is -1.36. The molecule has 1 aromatic heterocycles. The maximum absolute atomic E-state index is 11.6. The third-order valence-electron chi connectivity index (χ3n) is 2.59. The predicted molar refractivity (Wildman–Crippen MR) is 67.0 cm³/mol. The highest BCUT2D eigenvalue weighted by Gasteiger charge is 2.21. The molecule has 5 heteroatoms. The first-order chi connectivity index (χ1) is 8.00. The number of thiophene rings is 1. The van der Waals surface area contributed by atoms with Gasteiger partial charge < -0.3 is 10.4 Å². The van der Waals surface area contributed by atoms with Gasteiger partial charge in [0, 0.05) is 6.54 Å². The van der Waals surface area contributed by atoms with Crippen molar-refractivity contribution in [2.75, 3.05) is 6.54 Å². The summed E-state index contributed by atoms with van der Waals surface area (Å²) in [5, 5.41) is 15.5. The summed E-state index contributed by atoms with van der Waals surface area (Å²) in [7, 11) is 0. The van der Waals surface area contributed by atoms with Crippen LogP contribution in [0.5, 0.6) is 0 Å². The zero-order valence-corrected chi connectivity index (χ0v) is 10.8. The van der Waals surface area contributed by atoms with E-state index in [0.717, 1.165) is 5.56 Å². The fourth-order valence-electron chi connectivity index (χ4n) is 1.47. The standard InChI is InChI=1S/C12H17NO3S/c1-8(2)10(12(15)16)6-13-11(14)5-9-3-4-17-7-9/h3-4,7-8,10H,5-6H2,1-2H3,(H,13,14)(H,15,16). The van der Waals surface area contributed by atoms with Crippen LogP contribution in [0.4, 0.5) is 0 Å². The Morgan fingerprint density at radius 1 is 1.47 bits per heavy atom. The molecule has 94 valence electrons. The first kappa shape index (κ1) is 13.7. The van der Waals surface area contributed by atoms with Gasteiger partial charge in [0.25, 0.3) is 0 Å². The molecule has 17 heavy (non-hydrogen) atoms. The number of carboxylic acid groups (broad SMARTS) is 1. The number of carbonyl (C=O) groups is 2. The summed E-state index contributed by atoms with van der Waals surface area (Å²) < 4.78 is 0. The van der Waals surface area contributed by atoms with Gasteiger partial charge in [-0.15, -0.1) is 0 Å². The minimum absolute atomic E-state index is 0.00828. The van der Waals surface area contributed by atoms with Crippen molar-refractivity contribution in [2.45, 2.75) is 20.3 Å². The number of aliphatic carboxylic acids is 1. The van der Waals surface area contributed by atoms with Gasteiger partial charge in [0.15, 0.2) is 0 Å². The zero-order valence-electron chi connectivity index (χ0n) is 9.97. The van der Waals surface area contributed by atoms with Crippen LogP contribution in [0.25, 0.3) is 0 Å². The molecule has 0 bridgehead atoms. The molecule has 0 saturated carbocycles. The predicted octanol–water partition coefficient (Wildman–Crippen LogP) is 1.76. The van der Waals surface area contributed by atoms with E-state index in [4.69, 9.17) is 5.11 Å². The van der Waals surface area contributed by atoms with Gasteiger partial charge in [-0.3, -0.25) is 9.59 Å². The second kappa shape index (κ2) is 6.39. The molecule has 1 amide bonds. The molecule has 0 aliphatic heterocycles. The number of nitrogens with one attached hydrogen (secondary N) is 1. The molecular formula is C12H17NO3S. The highest BCUT2D eigenvalue weighted by atomic mass is 32.1. The molecule has 0 saturated heterocycles. The summed E-state index contributed by atoms with van der Waals surface area (Å²) >= 11 is 1.54. The molecule has 1 unspecified atom stereocenters. The van der Waals surface area contributed by atoms with Crippen LogP contribution in [0.1, 0.15) is 19.4 Å². The summed E-state index contributed by atoms with van der Waals surface area (Å²) in [4.78, 5) is 22.5. The van der Waals surface area contributed by atoms with E-state index in [0.29, 0.717) is 6.42 Å². The third-order valence-corrected chi connectivity index (χ3v) is 3.32. The number of carbonyl (C=O) groups excluding carboxylic acids is 1. The van der Waals surface area contributed by atoms with E-state index in [1.807, 2.05) is 30.7 Å². The summed E-state index contributed by atoms with van der Waals surface area (Å²) in [5.74, 6) is -1.51. The second-order valence-corrected chi connectivity index (χ2v) is 5.08. The van der Waals surface area contributed by atoms with E-state index in [9.17, 15) is 9.59 Å². The molecule has 4 nitrogen and oxygen atoms in total. The lowest BCUT2D eigenvalue weighted by Crippen LogP contribution is -2.36. The quantitative estimate of drug-likeness (QED) is 0.814. The van der Waals surface area contributed by atoms with Crippen LogP contribution in [0.3, 0.4) is 0 Å². The van der Waals surface area contributed by atoms with E-state index in [1.165, 1.54) is 0 Å². The molecule has 1 atom stereocenters. The summed E-state index contributed by atoms with van der Waals surface area (Å²) in [6, 6.07) is 1.89. The largest absolute Gasteiger partial charge is 0.481 e. The Balaban J connectivity index is 2.39. The van der Waals surface area contributed by atoms with E-state index < -0.39 is 11.9 Å². The molecule has 0 spiro atoms. The Bertz CT molecular complexity index is 373. The topological polar surface area (TPSA) is 66.4 Å². The van der Waals surface area contributed by atoms with E-state index >= 15 is 0 Å². The van der Waals surface area contributed by atoms with Crippen LogP contribution in [-0.2, 0) is 16.0 Å². The van der Waals surface area contributed by atoms with Crippen LogP contribution in [-0.4, -0.2) is 23.5 Å². The van der Waals surface area contributed by atoms with Gasteiger partial charge in [0.05, 0.1) is 12.3 Å². The average molecular weight is 255 g/mol. The monoisotopic (exact) mass is 255 g/mol. The fourth-order valence-corrected chi connectivity index (χ4v) is 2.14. The van der Waals surface area contributed by atoms with Crippen LogP contribution in [0.15, 0.2) is 16.8 Å². The molecule has 0 aromatic carbocycles. The first-order valence-electron chi connectivity index (χ1n) is 5.51. The molecule has 0 radical (unpaired) electrons. The molecule has 0 aliphatic rings. The molecule has 1 rings (SSSR count). The maximum Gasteiger partial charge on any atom is 0.308 e.